The molecular weight excluding hydrogens is 236 g/mol. The van der Waals surface area contributed by atoms with Crippen molar-refractivity contribution < 1.29 is 14.1 Å². The quantitative estimate of drug-likeness (QED) is 0.887. The van der Waals surface area contributed by atoms with Gasteiger partial charge in [0.05, 0.1) is 17.2 Å². The topological polar surface area (TPSA) is 54.4 Å². The Hall–Kier alpha value is -0.870. The lowest BCUT2D eigenvalue weighted by Gasteiger charge is -2.08. The number of benzene rings is 1. The van der Waals surface area contributed by atoms with Gasteiger partial charge in [0.1, 0.15) is 0 Å². The van der Waals surface area contributed by atoms with Crippen LogP contribution in [0, 0.1) is 0 Å². The Bertz CT molecular complexity index is 392. The summed E-state index contributed by atoms with van der Waals surface area (Å²) >= 11 is 5.75. The molecule has 1 aromatic rings. The summed E-state index contributed by atoms with van der Waals surface area (Å²) in [6.45, 7) is 1.64. The van der Waals surface area contributed by atoms with Crippen molar-refractivity contribution in [2.24, 2.45) is 0 Å². The van der Waals surface area contributed by atoms with Gasteiger partial charge in [-0.2, -0.15) is 0 Å². The monoisotopic (exact) mass is 246 g/mol. The molecule has 0 bridgehead atoms. The highest BCUT2D eigenvalue weighted by atomic mass is 35.5. The Morgan fingerprint density at radius 1 is 1.60 bits per heavy atom. The van der Waals surface area contributed by atoms with Crippen LogP contribution in [-0.4, -0.2) is 20.5 Å². The van der Waals surface area contributed by atoms with Crippen molar-refractivity contribution in [2.45, 2.75) is 23.5 Å². The fraction of sp³-hybridized carbons (Fsp3) is 0.300. The highest BCUT2D eigenvalue weighted by molar-refractivity contribution is 7.85. The number of halogens is 1. The van der Waals surface area contributed by atoms with E-state index in [1.54, 1.807) is 31.2 Å². The average Bonchev–Trinajstić information content (AvgIpc) is 2.15. The Morgan fingerprint density at radius 2 is 2.27 bits per heavy atom. The third-order valence-corrected chi connectivity index (χ3v) is 3.71. The molecule has 0 aliphatic carbocycles. The third-order valence-electron chi connectivity index (χ3n) is 1.86. The van der Waals surface area contributed by atoms with Gasteiger partial charge in [-0.25, -0.2) is 0 Å². The fourth-order valence-electron chi connectivity index (χ4n) is 1.15. The predicted octanol–water partition coefficient (Wildman–Crippen LogP) is 2.31. The van der Waals surface area contributed by atoms with Gasteiger partial charge in [0.2, 0.25) is 0 Å². The maximum absolute atomic E-state index is 11.8. The highest BCUT2D eigenvalue weighted by Gasteiger charge is 2.16. The summed E-state index contributed by atoms with van der Waals surface area (Å²) in [5, 5.41) is 8.66. The molecule has 15 heavy (non-hydrogen) atoms. The fourth-order valence-corrected chi connectivity index (χ4v) is 2.62. The van der Waals surface area contributed by atoms with E-state index in [2.05, 4.69) is 0 Å². The molecule has 0 aromatic heterocycles. The first-order chi connectivity index (χ1) is 7.00. The predicted molar refractivity (Wildman–Crippen MR) is 59.6 cm³/mol. The van der Waals surface area contributed by atoms with E-state index in [4.69, 9.17) is 16.7 Å². The van der Waals surface area contributed by atoms with Crippen molar-refractivity contribution in [2.75, 3.05) is 0 Å². The van der Waals surface area contributed by atoms with Crippen LogP contribution < -0.4 is 0 Å². The molecule has 0 heterocycles. The molecule has 0 amide bonds. The minimum Gasteiger partial charge on any atom is -0.481 e. The SMILES string of the molecule is CC(CC(=O)O)S(=O)c1cccc(Cl)c1. The van der Waals surface area contributed by atoms with E-state index < -0.39 is 22.0 Å². The van der Waals surface area contributed by atoms with Crippen LogP contribution in [0.2, 0.25) is 5.02 Å². The van der Waals surface area contributed by atoms with Gasteiger partial charge in [-0.1, -0.05) is 17.7 Å². The van der Waals surface area contributed by atoms with E-state index >= 15 is 0 Å². The molecule has 0 fully saturated rings. The summed E-state index contributed by atoms with van der Waals surface area (Å²) < 4.78 is 11.8. The van der Waals surface area contributed by atoms with Gasteiger partial charge >= 0.3 is 5.97 Å². The number of aliphatic carboxylic acids is 1. The van der Waals surface area contributed by atoms with E-state index in [1.165, 1.54) is 0 Å². The summed E-state index contributed by atoms with van der Waals surface area (Å²) in [5.41, 5.74) is 0. The first-order valence-electron chi connectivity index (χ1n) is 4.38. The van der Waals surface area contributed by atoms with Crippen LogP contribution in [0.15, 0.2) is 29.2 Å². The van der Waals surface area contributed by atoms with E-state index in [-0.39, 0.29) is 6.42 Å². The van der Waals surface area contributed by atoms with Gasteiger partial charge < -0.3 is 5.11 Å². The first-order valence-corrected chi connectivity index (χ1v) is 5.97. The Kier molecular flexibility index (Phi) is 4.29. The molecule has 1 rings (SSSR count). The van der Waals surface area contributed by atoms with Crippen molar-refractivity contribution in [3.8, 4) is 0 Å². The molecule has 0 radical (unpaired) electrons. The van der Waals surface area contributed by atoms with Crippen LogP contribution in [0.1, 0.15) is 13.3 Å². The van der Waals surface area contributed by atoms with Gasteiger partial charge in [0.25, 0.3) is 0 Å². The maximum atomic E-state index is 11.8. The molecule has 0 saturated heterocycles. The average molecular weight is 247 g/mol. The molecule has 2 atom stereocenters. The van der Waals surface area contributed by atoms with Crippen LogP contribution in [0.4, 0.5) is 0 Å². The number of carbonyl (C=O) groups is 1. The van der Waals surface area contributed by atoms with Crippen molar-refractivity contribution in [3.05, 3.63) is 29.3 Å². The third kappa shape index (κ3) is 3.64. The lowest BCUT2D eigenvalue weighted by Crippen LogP contribution is -2.15. The van der Waals surface area contributed by atoms with Crippen LogP contribution in [0.5, 0.6) is 0 Å². The molecule has 0 aliphatic rings. The number of rotatable bonds is 4. The highest BCUT2D eigenvalue weighted by Crippen LogP contribution is 2.17. The molecule has 1 aromatic carbocycles. The zero-order chi connectivity index (χ0) is 11.4. The second-order valence-electron chi connectivity index (χ2n) is 3.16. The van der Waals surface area contributed by atoms with Crippen molar-refractivity contribution in [1.29, 1.82) is 0 Å². The van der Waals surface area contributed by atoms with Crippen LogP contribution in [0.3, 0.4) is 0 Å². The maximum Gasteiger partial charge on any atom is 0.304 e. The Morgan fingerprint density at radius 3 is 2.80 bits per heavy atom. The normalized spacial score (nSPS) is 14.5. The van der Waals surface area contributed by atoms with Crippen molar-refractivity contribution in [3.63, 3.8) is 0 Å². The van der Waals surface area contributed by atoms with Gasteiger partial charge in [-0.3, -0.25) is 9.00 Å². The summed E-state index contributed by atoms with van der Waals surface area (Å²) in [6, 6.07) is 6.66. The smallest absolute Gasteiger partial charge is 0.304 e. The van der Waals surface area contributed by atoms with E-state index in [9.17, 15) is 9.00 Å². The number of carboxylic acid groups (broad SMARTS) is 1. The number of hydrogen-bond acceptors (Lipinski definition) is 2. The number of hydrogen-bond donors (Lipinski definition) is 1. The van der Waals surface area contributed by atoms with Crippen LogP contribution in [0.25, 0.3) is 0 Å². The molecule has 82 valence electrons. The zero-order valence-corrected chi connectivity index (χ0v) is 9.72. The second kappa shape index (κ2) is 5.28. The van der Waals surface area contributed by atoms with Crippen molar-refractivity contribution >= 4 is 28.4 Å². The molecule has 0 spiro atoms. The second-order valence-corrected chi connectivity index (χ2v) is 5.47. The molecule has 5 heteroatoms. The van der Waals surface area contributed by atoms with Gasteiger partial charge in [0, 0.05) is 15.2 Å². The van der Waals surface area contributed by atoms with E-state index in [0.29, 0.717) is 9.92 Å². The zero-order valence-electron chi connectivity index (χ0n) is 8.14. The summed E-state index contributed by atoms with van der Waals surface area (Å²) in [5.74, 6) is -0.946. The van der Waals surface area contributed by atoms with Crippen LogP contribution in [-0.2, 0) is 15.6 Å². The Labute approximate surface area is 95.5 Å². The summed E-state index contributed by atoms with van der Waals surface area (Å²) in [6.07, 6.45) is -0.112. The van der Waals surface area contributed by atoms with Gasteiger partial charge in [-0.15, -0.1) is 0 Å². The van der Waals surface area contributed by atoms with Crippen LogP contribution >= 0.6 is 11.6 Å². The summed E-state index contributed by atoms with van der Waals surface area (Å²) in [7, 11) is -1.32. The number of carboxylic acids is 1. The Balaban J connectivity index is 2.80. The summed E-state index contributed by atoms with van der Waals surface area (Å²) in [4.78, 5) is 11.0. The van der Waals surface area contributed by atoms with Gasteiger partial charge in [0.15, 0.2) is 0 Å². The van der Waals surface area contributed by atoms with Gasteiger partial charge in [-0.05, 0) is 25.1 Å². The minimum atomic E-state index is -1.32. The molecule has 0 saturated carbocycles. The van der Waals surface area contributed by atoms with E-state index in [1.807, 2.05) is 0 Å². The molecule has 3 nitrogen and oxygen atoms in total. The standard InChI is InChI=1S/C10H11ClO3S/c1-7(5-10(12)13)15(14)9-4-2-3-8(11)6-9/h2-4,6-7H,5H2,1H3,(H,12,13). The molecule has 1 N–H and O–H groups in total. The molecule has 0 aliphatic heterocycles. The van der Waals surface area contributed by atoms with Crippen molar-refractivity contribution in [1.82, 2.24) is 0 Å². The largest absolute Gasteiger partial charge is 0.481 e. The lowest BCUT2D eigenvalue weighted by molar-refractivity contribution is -0.136. The lowest BCUT2D eigenvalue weighted by atomic mass is 10.3. The molecule has 2 unspecified atom stereocenters. The first kappa shape index (κ1) is 12.2. The minimum absolute atomic E-state index is 0.112. The molecular formula is C10H11ClO3S. The van der Waals surface area contributed by atoms with E-state index in [0.717, 1.165) is 0 Å².